The SMILES string of the molecule is NS(=O)(=O)c1cc(CCC2CCCCO2)c(Cl)c(Oc2ccc([N+](=O)[O-])cc2)c1CCC1CCCCO1. The normalized spacial score (nSPS) is 20.5. The van der Waals surface area contributed by atoms with Gasteiger partial charge in [-0.1, -0.05) is 11.6 Å². The van der Waals surface area contributed by atoms with Crippen molar-refractivity contribution >= 4 is 27.3 Å². The maximum Gasteiger partial charge on any atom is 0.269 e. The Kier molecular flexibility index (Phi) is 9.41. The lowest BCUT2D eigenvalue weighted by molar-refractivity contribution is -0.384. The molecule has 2 aliphatic rings. The lowest BCUT2D eigenvalue weighted by Gasteiger charge is -2.25. The molecule has 0 bridgehead atoms. The predicted molar refractivity (Wildman–Crippen MR) is 140 cm³/mol. The number of sulfonamides is 1. The third-order valence-electron chi connectivity index (χ3n) is 6.93. The van der Waals surface area contributed by atoms with E-state index in [2.05, 4.69) is 0 Å². The monoisotopic (exact) mass is 552 g/mol. The quantitative estimate of drug-likeness (QED) is 0.296. The number of non-ortho nitro benzene ring substituents is 1. The summed E-state index contributed by atoms with van der Waals surface area (Å²) in [6, 6.07) is 7.12. The third kappa shape index (κ3) is 7.42. The Morgan fingerprint density at radius 1 is 1.00 bits per heavy atom. The average Bonchev–Trinajstić information content (AvgIpc) is 2.89. The van der Waals surface area contributed by atoms with Gasteiger partial charge in [-0.15, -0.1) is 0 Å². The molecule has 2 N–H and O–H groups in total. The summed E-state index contributed by atoms with van der Waals surface area (Å²) in [7, 11) is -4.10. The number of hydrogen-bond donors (Lipinski definition) is 1. The standard InChI is InChI=1S/C26H33ClN2O7S/c27-25-18(7-10-20-5-1-3-15-34-20)17-24(37(28,32)33)23(14-13-21-6-2-4-16-35-21)26(25)36-22-11-8-19(9-12-22)29(30)31/h8-9,11-12,17,20-21H,1-7,10,13-16H2,(H2,28,32,33). The molecule has 0 radical (unpaired) electrons. The van der Waals surface area contributed by atoms with E-state index in [0.29, 0.717) is 54.2 Å². The molecule has 0 saturated carbocycles. The zero-order valence-corrected chi connectivity index (χ0v) is 22.3. The topological polar surface area (TPSA) is 131 Å². The molecule has 2 fully saturated rings. The van der Waals surface area contributed by atoms with Gasteiger partial charge in [0.15, 0.2) is 5.75 Å². The van der Waals surface area contributed by atoms with E-state index in [4.69, 9.17) is 31.0 Å². The van der Waals surface area contributed by atoms with Crippen molar-refractivity contribution in [2.24, 2.45) is 5.14 Å². The molecule has 2 saturated heterocycles. The van der Waals surface area contributed by atoms with Crippen molar-refractivity contribution < 1.29 is 27.6 Å². The summed E-state index contributed by atoms with van der Waals surface area (Å²) in [6.45, 7) is 1.40. The maximum atomic E-state index is 12.7. The molecule has 2 atom stereocenters. The van der Waals surface area contributed by atoms with Crippen molar-refractivity contribution in [2.75, 3.05) is 13.2 Å². The molecule has 2 aliphatic heterocycles. The first-order valence-corrected chi connectivity index (χ1v) is 14.7. The van der Waals surface area contributed by atoms with E-state index in [0.717, 1.165) is 45.1 Å². The van der Waals surface area contributed by atoms with E-state index < -0.39 is 14.9 Å². The highest BCUT2D eigenvalue weighted by atomic mass is 35.5. The number of hydrogen-bond acceptors (Lipinski definition) is 7. The Bertz CT molecular complexity index is 1190. The average molecular weight is 553 g/mol. The van der Waals surface area contributed by atoms with Crippen LogP contribution in [0.4, 0.5) is 5.69 Å². The Morgan fingerprint density at radius 2 is 1.59 bits per heavy atom. The van der Waals surface area contributed by atoms with Crippen LogP contribution in [0.2, 0.25) is 5.02 Å². The number of aryl methyl sites for hydroxylation is 1. The van der Waals surface area contributed by atoms with Crippen molar-refractivity contribution in [3.8, 4) is 11.5 Å². The van der Waals surface area contributed by atoms with Crippen molar-refractivity contribution in [1.82, 2.24) is 0 Å². The first kappa shape index (κ1) is 27.8. The largest absolute Gasteiger partial charge is 0.455 e. The van der Waals surface area contributed by atoms with E-state index in [1.165, 1.54) is 24.3 Å². The number of nitrogens with zero attached hydrogens (tertiary/aromatic N) is 1. The van der Waals surface area contributed by atoms with Crippen LogP contribution < -0.4 is 9.88 Å². The molecule has 0 spiro atoms. The minimum absolute atomic E-state index is 0.0104. The molecule has 0 aliphatic carbocycles. The van der Waals surface area contributed by atoms with Crippen molar-refractivity contribution in [3.63, 3.8) is 0 Å². The van der Waals surface area contributed by atoms with Crippen LogP contribution in [0.15, 0.2) is 35.2 Å². The Labute approximate surface area is 222 Å². The number of halogens is 1. The Morgan fingerprint density at radius 3 is 2.11 bits per heavy atom. The maximum absolute atomic E-state index is 12.7. The molecular formula is C26H33ClN2O7S. The van der Waals surface area contributed by atoms with Gasteiger partial charge in [0.2, 0.25) is 10.0 Å². The smallest absolute Gasteiger partial charge is 0.269 e. The summed E-state index contributed by atoms with van der Waals surface area (Å²) in [6.07, 6.45) is 8.26. The van der Waals surface area contributed by atoms with Gasteiger partial charge in [-0.2, -0.15) is 0 Å². The number of ether oxygens (including phenoxy) is 3. The number of benzene rings is 2. The number of nitro benzene ring substituents is 1. The highest BCUT2D eigenvalue weighted by molar-refractivity contribution is 7.89. The van der Waals surface area contributed by atoms with Gasteiger partial charge in [0.25, 0.3) is 5.69 Å². The highest BCUT2D eigenvalue weighted by Crippen LogP contribution is 2.41. The van der Waals surface area contributed by atoms with E-state index >= 15 is 0 Å². The third-order valence-corrected chi connectivity index (χ3v) is 8.32. The van der Waals surface area contributed by atoms with E-state index in [1.807, 2.05) is 0 Å². The molecule has 2 unspecified atom stereocenters. The summed E-state index contributed by atoms with van der Waals surface area (Å²) < 4.78 is 43.3. The second-order valence-electron chi connectivity index (χ2n) is 9.61. The highest BCUT2D eigenvalue weighted by Gasteiger charge is 2.27. The van der Waals surface area contributed by atoms with Crippen molar-refractivity contribution in [1.29, 1.82) is 0 Å². The van der Waals surface area contributed by atoms with Gasteiger partial charge in [-0.25, -0.2) is 13.6 Å². The van der Waals surface area contributed by atoms with Crippen LogP contribution in [-0.4, -0.2) is 38.8 Å². The number of nitrogens with two attached hydrogens (primary N) is 1. The van der Waals surface area contributed by atoms with Crippen LogP contribution in [-0.2, 0) is 32.3 Å². The zero-order chi connectivity index (χ0) is 26.4. The van der Waals surface area contributed by atoms with Crippen LogP contribution in [0.5, 0.6) is 11.5 Å². The van der Waals surface area contributed by atoms with Gasteiger partial charge in [0.1, 0.15) is 5.75 Å². The molecule has 37 heavy (non-hydrogen) atoms. The van der Waals surface area contributed by atoms with Crippen LogP contribution in [0.1, 0.15) is 62.5 Å². The van der Waals surface area contributed by atoms with Gasteiger partial charge < -0.3 is 14.2 Å². The molecule has 2 aromatic rings. The minimum atomic E-state index is -4.10. The van der Waals surface area contributed by atoms with Crippen LogP contribution in [0, 0.1) is 10.1 Å². The number of primary sulfonamides is 1. The summed E-state index contributed by atoms with van der Waals surface area (Å²) in [5.74, 6) is 0.508. The number of nitro groups is 1. The fourth-order valence-corrected chi connectivity index (χ4v) is 6.07. The summed E-state index contributed by atoms with van der Waals surface area (Å²) in [5, 5.41) is 17.0. The van der Waals surface area contributed by atoms with E-state index in [-0.39, 0.29) is 28.5 Å². The first-order valence-electron chi connectivity index (χ1n) is 12.7. The fraction of sp³-hybridized carbons (Fsp3) is 0.538. The van der Waals surface area contributed by atoms with Crippen molar-refractivity contribution in [3.05, 3.63) is 56.6 Å². The summed E-state index contributed by atoms with van der Waals surface area (Å²) in [4.78, 5) is 10.5. The number of rotatable bonds is 10. The zero-order valence-electron chi connectivity index (χ0n) is 20.7. The van der Waals surface area contributed by atoms with Gasteiger partial charge in [0, 0.05) is 30.9 Å². The van der Waals surface area contributed by atoms with Gasteiger partial charge in [0.05, 0.1) is 27.0 Å². The predicted octanol–water partition coefficient (Wildman–Crippen LogP) is 5.69. The molecular weight excluding hydrogens is 520 g/mol. The van der Waals surface area contributed by atoms with E-state index in [1.54, 1.807) is 6.07 Å². The lowest BCUT2D eigenvalue weighted by atomic mass is 9.97. The first-order chi connectivity index (χ1) is 17.7. The Balaban J connectivity index is 1.70. The molecule has 9 nitrogen and oxygen atoms in total. The fourth-order valence-electron chi connectivity index (χ4n) is 4.92. The lowest BCUT2D eigenvalue weighted by Crippen LogP contribution is -2.22. The molecule has 2 aromatic carbocycles. The van der Waals surface area contributed by atoms with Crippen molar-refractivity contribution in [2.45, 2.75) is 81.3 Å². The molecule has 0 amide bonds. The van der Waals surface area contributed by atoms with Crippen LogP contribution in [0.25, 0.3) is 0 Å². The van der Waals surface area contributed by atoms with Gasteiger partial charge in [-0.3, -0.25) is 10.1 Å². The molecule has 202 valence electrons. The molecule has 0 aromatic heterocycles. The second kappa shape index (κ2) is 12.5. The minimum Gasteiger partial charge on any atom is -0.455 e. The molecule has 11 heteroatoms. The van der Waals surface area contributed by atoms with Crippen LogP contribution >= 0.6 is 11.6 Å². The van der Waals surface area contributed by atoms with Gasteiger partial charge >= 0.3 is 0 Å². The molecule has 4 rings (SSSR count). The van der Waals surface area contributed by atoms with Crippen LogP contribution in [0.3, 0.4) is 0 Å². The van der Waals surface area contributed by atoms with Gasteiger partial charge in [-0.05, 0) is 88.0 Å². The van der Waals surface area contributed by atoms with E-state index in [9.17, 15) is 18.5 Å². The Hall–Kier alpha value is -2.24. The second-order valence-corrected chi connectivity index (χ2v) is 11.5. The molecule has 2 heterocycles. The summed E-state index contributed by atoms with van der Waals surface area (Å²) >= 11 is 6.87. The summed E-state index contributed by atoms with van der Waals surface area (Å²) in [5.41, 5.74) is 0.909.